The van der Waals surface area contributed by atoms with Gasteiger partial charge in [-0.1, -0.05) is 98.8 Å². The number of fused-ring (bicyclic) bond motifs is 9. The summed E-state index contributed by atoms with van der Waals surface area (Å²) in [5.74, 6) is 0. The molecule has 3 nitrogen and oxygen atoms in total. The maximum absolute atomic E-state index is 6.23. The van der Waals surface area contributed by atoms with E-state index in [4.69, 9.17) is 4.42 Å². The molecule has 0 unspecified atom stereocenters. The van der Waals surface area contributed by atoms with Gasteiger partial charge < -0.3 is 13.9 Å². The average Bonchev–Trinajstić information content (AvgIpc) is 3.75. The molecule has 1 aliphatic carbocycles. The van der Waals surface area contributed by atoms with Crippen molar-refractivity contribution in [1.82, 2.24) is 4.57 Å². The third-order valence-electron chi connectivity index (χ3n) is 10.4. The van der Waals surface area contributed by atoms with Crippen molar-refractivity contribution in [3.8, 4) is 16.8 Å². The minimum absolute atomic E-state index is 0.0985. The molecule has 0 N–H and O–H groups in total. The van der Waals surface area contributed by atoms with Crippen LogP contribution in [-0.4, -0.2) is 4.57 Å². The number of hydrogen-bond donors (Lipinski definition) is 0. The zero-order valence-electron chi connectivity index (χ0n) is 26.8. The van der Waals surface area contributed by atoms with Crippen molar-refractivity contribution >= 4 is 60.8 Å². The topological polar surface area (TPSA) is 21.3 Å². The van der Waals surface area contributed by atoms with Crippen molar-refractivity contribution in [2.45, 2.75) is 19.3 Å². The molecule has 0 atom stereocenters. The summed E-state index contributed by atoms with van der Waals surface area (Å²) < 4.78 is 8.60. The second-order valence-electron chi connectivity index (χ2n) is 13.4. The predicted molar refractivity (Wildman–Crippen MR) is 200 cm³/mol. The molecule has 0 saturated heterocycles. The zero-order chi connectivity index (χ0) is 32.0. The van der Waals surface area contributed by atoms with Crippen LogP contribution in [0.15, 0.2) is 162 Å². The number of benzene rings is 7. The SMILES string of the molecule is CC1(C)c2ccccc2-c2ccc(N(c3ccc(-n4c5ccccc5c5ccccc54)cc3)c3ccc4oc5ccccc5c4c3)cc21. The van der Waals surface area contributed by atoms with Crippen molar-refractivity contribution in [1.29, 1.82) is 0 Å². The van der Waals surface area contributed by atoms with Crippen LogP contribution in [0.1, 0.15) is 25.0 Å². The fourth-order valence-electron chi connectivity index (χ4n) is 8.08. The number of anilines is 3. The van der Waals surface area contributed by atoms with E-state index in [1.807, 2.05) is 12.1 Å². The molecule has 2 heterocycles. The standard InChI is InChI=1S/C45H32N2O/c1-45(2)39-15-7-3-11-33(39)34-25-23-32(28-40(34)45)46(31-24-26-44-38(27-31)37-14-6-10-18-43(37)48-44)29-19-21-30(22-20-29)47-41-16-8-4-12-35(41)36-13-5-9-17-42(36)47/h3-28H,1-2H3. The van der Waals surface area contributed by atoms with Gasteiger partial charge in [-0.3, -0.25) is 0 Å². The monoisotopic (exact) mass is 616 g/mol. The second kappa shape index (κ2) is 9.97. The van der Waals surface area contributed by atoms with E-state index >= 15 is 0 Å². The lowest BCUT2D eigenvalue weighted by atomic mass is 9.82. The summed E-state index contributed by atoms with van der Waals surface area (Å²) in [6, 6.07) is 57.0. The normalized spacial score (nSPS) is 13.4. The van der Waals surface area contributed by atoms with Crippen LogP contribution in [0.4, 0.5) is 17.1 Å². The summed E-state index contributed by atoms with van der Waals surface area (Å²) >= 11 is 0. The van der Waals surface area contributed by atoms with Gasteiger partial charge in [0.25, 0.3) is 0 Å². The second-order valence-corrected chi connectivity index (χ2v) is 13.4. The molecular formula is C45H32N2O. The Kier molecular flexibility index (Phi) is 5.63. The van der Waals surface area contributed by atoms with E-state index in [0.717, 1.165) is 44.7 Å². The zero-order valence-corrected chi connectivity index (χ0v) is 26.8. The van der Waals surface area contributed by atoms with E-state index in [1.54, 1.807) is 0 Å². The highest BCUT2D eigenvalue weighted by Crippen LogP contribution is 2.51. The Hall–Kier alpha value is -6.06. The molecule has 10 rings (SSSR count). The van der Waals surface area contributed by atoms with Crippen molar-refractivity contribution in [2.75, 3.05) is 4.90 Å². The largest absolute Gasteiger partial charge is 0.456 e. The first-order chi connectivity index (χ1) is 23.6. The molecule has 9 aromatic rings. The van der Waals surface area contributed by atoms with Gasteiger partial charge in [0.1, 0.15) is 11.2 Å². The molecule has 1 aliphatic rings. The molecule has 0 amide bonds. The van der Waals surface area contributed by atoms with E-state index in [2.05, 4.69) is 169 Å². The Bertz CT molecular complexity index is 2650. The van der Waals surface area contributed by atoms with Gasteiger partial charge in [-0.15, -0.1) is 0 Å². The van der Waals surface area contributed by atoms with E-state index in [0.29, 0.717) is 0 Å². The lowest BCUT2D eigenvalue weighted by molar-refractivity contribution is 0.660. The Balaban J connectivity index is 1.16. The summed E-state index contributed by atoms with van der Waals surface area (Å²) in [6.45, 7) is 4.69. The number of nitrogens with zero attached hydrogens (tertiary/aromatic N) is 2. The molecule has 0 spiro atoms. The summed E-state index contributed by atoms with van der Waals surface area (Å²) in [5, 5.41) is 4.77. The molecule has 0 bridgehead atoms. The van der Waals surface area contributed by atoms with Gasteiger partial charge in [-0.25, -0.2) is 0 Å². The quantitative estimate of drug-likeness (QED) is 0.196. The fourth-order valence-corrected chi connectivity index (χ4v) is 8.08. The number of hydrogen-bond acceptors (Lipinski definition) is 2. The fraction of sp³-hybridized carbons (Fsp3) is 0.0667. The Labute approximate surface area is 278 Å². The van der Waals surface area contributed by atoms with Gasteiger partial charge in [-0.2, -0.15) is 0 Å². The number of para-hydroxylation sites is 3. The lowest BCUT2D eigenvalue weighted by Crippen LogP contribution is -2.16. The smallest absolute Gasteiger partial charge is 0.135 e. The first kappa shape index (κ1) is 27.1. The molecule has 228 valence electrons. The molecule has 0 fully saturated rings. The number of aromatic nitrogens is 1. The molecule has 3 heteroatoms. The molecular weight excluding hydrogens is 585 g/mol. The van der Waals surface area contributed by atoms with E-state index < -0.39 is 0 Å². The van der Waals surface area contributed by atoms with Crippen LogP contribution in [0.25, 0.3) is 60.6 Å². The number of rotatable bonds is 4. The Morgan fingerprint density at radius 3 is 1.79 bits per heavy atom. The van der Waals surface area contributed by atoms with Gasteiger partial charge in [0.05, 0.1) is 11.0 Å². The van der Waals surface area contributed by atoms with Crippen LogP contribution in [0.3, 0.4) is 0 Å². The molecule has 0 aliphatic heterocycles. The molecule has 48 heavy (non-hydrogen) atoms. The third-order valence-corrected chi connectivity index (χ3v) is 10.4. The number of furan rings is 1. The minimum Gasteiger partial charge on any atom is -0.456 e. The van der Waals surface area contributed by atoms with Crippen molar-refractivity contribution < 1.29 is 4.42 Å². The minimum atomic E-state index is -0.0985. The molecule has 0 saturated carbocycles. The van der Waals surface area contributed by atoms with Crippen molar-refractivity contribution in [3.05, 3.63) is 169 Å². The maximum atomic E-state index is 6.23. The van der Waals surface area contributed by atoms with E-state index in [-0.39, 0.29) is 5.41 Å². The lowest BCUT2D eigenvalue weighted by Gasteiger charge is -2.28. The average molecular weight is 617 g/mol. The highest BCUT2D eigenvalue weighted by molar-refractivity contribution is 6.09. The first-order valence-corrected chi connectivity index (χ1v) is 16.6. The third kappa shape index (κ3) is 3.82. The summed E-state index contributed by atoms with van der Waals surface area (Å²) in [7, 11) is 0. The maximum Gasteiger partial charge on any atom is 0.135 e. The van der Waals surface area contributed by atoms with Gasteiger partial charge >= 0.3 is 0 Å². The van der Waals surface area contributed by atoms with E-state index in [1.165, 1.54) is 44.1 Å². The van der Waals surface area contributed by atoms with Crippen LogP contribution < -0.4 is 4.90 Å². The van der Waals surface area contributed by atoms with Gasteiger partial charge in [0, 0.05) is 49.7 Å². The predicted octanol–water partition coefficient (Wildman–Crippen LogP) is 12.5. The van der Waals surface area contributed by atoms with Crippen LogP contribution in [-0.2, 0) is 5.41 Å². The van der Waals surface area contributed by atoms with E-state index in [9.17, 15) is 0 Å². The van der Waals surface area contributed by atoms with Crippen LogP contribution in [0.5, 0.6) is 0 Å². The molecule has 7 aromatic carbocycles. The van der Waals surface area contributed by atoms with Crippen molar-refractivity contribution in [2.24, 2.45) is 0 Å². The Morgan fingerprint density at radius 2 is 1.02 bits per heavy atom. The molecule has 2 aromatic heterocycles. The van der Waals surface area contributed by atoms with Crippen LogP contribution in [0.2, 0.25) is 0 Å². The van der Waals surface area contributed by atoms with Gasteiger partial charge in [0.15, 0.2) is 0 Å². The highest BCUT2D eigenvalue weighted by atomic mass is 16.3. The Morgan fingerprint density at radius 1 is 0.458 bits per heavy atom. The van der Waals surface area contributed by atoms with Gasteiger partial charge in [-0.05, 0) is 95.1 Å². The molecule has 0 radical (unpaired) electrons. The summed E-state index contributed by atoms with van der Waals surface area (Å²) in [6.07, 6.45) is 0. The van der Waals surface area contributed by atoms with Crippen LogP contribution >= 0.6 is 0 Å². The van der Waals surface area contributed by atoms with Crippen molar-refractivity contribution in [3.63, 3.8) is 0 Å². The first-order valence-electron chi connectivity index (χ1n) is 16.6. The van der Waals surface area contributed by atoms with Crippen LogP contribution in [0, 0.1) is 0 Å². The van der Waals surface area contributed by atoms with Gasteiger partial charge in [0.2, 0.25) is 0 Å². The summed E-state index contributed by atoms with van der Waals surface area (Å²) in [4.78, 5) is 2.39. The summed E-state index contributed by atoms with van der Waals surface area (Å²) in [5.41, 5.74) is 14.0. The highest BCUT2D eigenvalue weighted by Gasteiger charge is 2.35.